The highest BCUT2D eigenvalue weighted by molar-refractivity contribution is 5.80. The minimum absolute atomic E-state index is 0.204. The van der Waals surface area contributed by atoms with Crippen LogP contribution in [0.2, 0.25) is 0 Å². The number of benzene rings is 1. The molecule has 2 heterocycles. The van der Waals surface area contributed by atoms with E-state index in [9.17, 15) is 4.79 Å². The van der Waals surface area contributed by atoms with E-state index >= 15 is 0 Å². The molecular formula is C22H33N3O. The molecule has 2 aliphatic heterocycles. The van der Waals surface area contributed by atoms with Crippen molar-refractivity contribution in [3.63, 3.8) is 0 Å². The number of carbonyl (C=O) groups is 1. The zero-order valence-electron chi connectivity index (χ0n) is 16.1. The molecule has 1 aromatic carbocycles. The van der Waals surface area contributed by atoms with Gasteiger partial charge in [0.25, 0.3) is 0 Å². The number of hydrogen-bond donors (Lipinski definition) is 0. The van der Waals surface area contributed by atoms with Gasteiger partial charge in [0.1, 0.15) is 0 Å². The fourth-order valence-electron chi connectivity index (χ4n) is 5.02. The molecule has 1 saturated carbocycles. The molecule has 0 unspecified atom stereocenters. The third kappa shape index (κ3) is 3.96. The van der Waals surface area contributed by atoms with Crippen LogP contribution >= 0.6 is 0 Å². The molecule has 0 radical (unpaired) electrons. The number of hydrogen-bond acceptors (Lipinski definition) is 3. The molecule has 0 spiro atoms. The lowest BCUT2D eigenvalue weighted by Gasteiger charge is -2.45. The van der Waals surface area contributed by atoms with Gasteiger partial charge in [-0.25, -0.2) is 0 Å². The van der Waals surface area contributed by atoms with Crippen LogP contribution in [0, 0.1) is 11.8 Å². The van der Waals surface area contributed by atoms with Crippen molar-refractivity contribution >= 4 is 5.91 Å². The second kappa shape index (κ2) is 8.10. The summed E-state index contributed by atoms with van der Waals surface area (Å²) < 4.78 is 0. The summed E-state index contributed by atoms with van der Waals surface area (Å²) >= 11 is 0. The molecule has 4 nitrogen and oxygen atoms in total. The van der Waals surface area contributed by atoms with Crippen molar-refractivity contribution in [2.24, 2.45) is 11.8 Å². The smallest absolute Gasteiger partial charge is 0.226 e. The average Bonchev–Trinajstić information content (AvgIpc) is 2.66. The van der Waals surface area contributed by atoms with Gasteiger partial charge < -0.3 is 14.7 Å². The largest absolute Gasteiger partial charge is 0.342 e. The van der Waals surface area contributed by atoms with E-state index in [1.807, 2.05) is 0 Å². The zero-order chi connectivity index (χ0) is 17.9. The molecule has 1 amide bonds. The molecule has 26 heavy (non-hydrogen) atoms. The van der Waals surface area contributed by atoms with Crippen LogP contribution in [0.1, 0.15) is 37.2 Å². The van der Waals surface area contributed by atoms with Crippen LogP contribution in [-0.2, 0) is 4.79 Å². The molecule has 142 valence electrons. The molecule has 1 aromatic rings. The predicted molar refractivity (Wildman–Crippen MR) is 105 cm³/mol. The van der Waals surface area contributed by atoms with Crippen LogP contribution in [-0.4, -0.2) is 73.5 Å². The van der Waals surface area contributed by atoms with Crippen LogP contribution in [0.25, 0.3) is 0 Å². The molecular weight excluding hydrogens is 322 g/mol. The first kappa shape index (κ1) is 18.0. The Kier molecular flexibility index (Phi) is 5.60. The minimum atomic E-state index is 0.204. The van der Waals surface area contributed by atoms with Crippen LogP contribution in [0.3, 0.4) is 0 Å². The summed E-state index contributed by atoms with van der Waals surface area (Å²) in [5.41, 5.74) is 1.36. The van der Waals surface area contributed by atoms with Gasteiger partial charge in [-0.1, -0.05) is 43.2 Å². The zero-order valence-corrected chi connectivity index (χ0v) is 16.1. The molecule has 2 atom stereocenters. The van der Waals surface area contributed by atoms with E-state index in [0.29, 0.717) is 17.7 Å². The molecule has 3 aliphatic rings. The number of piperazine rings is 1. The van der Waals surface area contributed by atoms with E-state index in [0.717, 1.165) is 19.5 Å². The summed E-state index contributed by atoms with van der Waals surface area (Å²) in [7, 11) is 2.20. The summed E-state index contributed by atoms with van der Waals surface area (Å²) in [4.78, 5) is 20.3. The Hall–Kier alpha value is -1.39. The van der Waals surface area contributed by atoms with E-state index in [-0.39, 0.29) is 5.92 Å². The molecule has 0 bridgehead atoms. The summed E-state index contributed by atoms with van der Waals surface area (Å²) in [6, 6.07) is 10.7. The van der Waals surface area contributed by atoms with Gasteiger partial charge in [-0.2, -0.15) is 0 Å². The monoisotopic (exact) mass is 355 g/mol. The van der Waals surface area contributed by atoms with Crippen molar-refractivity contribution in [1.29, 1.82) is 0 Å². The summed E-state index contributed by atoms with van der Waals surface area (Å²) in [5.74, 6) is 1.74. The maximum absolute atomic E-state index is 13.2. The van der Waals surface area contributed by atoms with Crippen LogP contribution < -0.4 is 0 Å². The number of nitrogens with zero attached hydrogens (tertiary/aromatic N) is 3. The summed E-state index contributed by atoms with van der Waals surface area (Å²) in [5, 5.41) is 0. The second-order valence-corrected chi connectivity index (χ2v) is 8.62. The van der Waals surface area contributed by atoms with Gasteiger partial charge >= 0.3 is 0 Å². The minimum Gasteiger partial charge on any atom is -0.342 e. The maximum atomic E-state index is 13.2. The summed E-state index contributed by atoms with van der Waals surface area (Å²) in [6.45, 7) is 7.84. The fraction of sp³-hybridized carbons (Fsp3) is 0.682. The normalized spacial score (nSPS) is 28.7. The van der Waals surface area contributed by atoms with E-state index in [1.165, 1.54) is 57.5 Å². The second-order valence-electron chi connectivity index (χ2n) is 8.62. The Balaban J connectivity index is 1.30. The first-order chi connectivity index (χ1) is 12.7. The highest BCUT2D eigenvalue weighted by Crippen LogP contribution is 2.39. The third-order valence-electron chi connectivity index (χ3n) is 6.69. The standard InChI is InChI=1S/C22H33N3O/c1-23-11-13-24(14-12-23)15-18-16-25(17-18)22(26)21-10-6-5-9-20(21)19-7-3-2-4-8-19/h2-4,7-8,18,20-21H,5-6,9-17H2,1H3/t20-,21-/m1/s1. The van der Waals surface area contributed by atoms with Crippen LogP contribution in [0.4, 0.5) is 0 Å². The lowest BCUT2D eigenvalue weighted by molar-refractivity contribution is -0.144. The number of amides is 1. The lowest BCUT2D eigenvalue weighted by atomic mass is 9.74. The average molecular weight is 356 g/mol. The Labute approximate surface area is 158 Å². The number of likely N-dealkylation sites (tertiary alicyclic amines) is 1. The Morgan fingerprint density at radius 3 is 2.42 bits per heavy atom. The van der Waals surface area contributed by atoms with Crippen molar-refractivity contribution in [2.45, 2.75) is 31.6 Å². The van der Waals surface area contributed by atoms with Gasteiger partial charge in [0.05, 0.1) is 0 Å². The third-order valence-corrected chi connectivity index (χ3v) is 6.69. The van der Waals surface area contributed by atoms with Crippen LogP contribution in [0.5, 0.6) is 0 Å². The Morgan fingerprint density at radius 2 is 1.69 bits per heavy atom. The first-order valence-corrected chi connectivity index (χ1v) is 10.5. The number of likely N-dealkylation sites (N-methyl/N-ethyl adjacent to an activating group) is 1. The first-order valence-electron chi connectivity index (χ1n) is 10.5. The number of rotatable bonds is 4. The van der Waals surface area contributed by atoms with E-state index in [2.05, 4.69) is 52.1 Å². The quantitative estimate of drug-likeness (QED) is 0.831. The van der Waals surface area contributed by atoms with Gasteiger partial charge in [0, 0.05) is 57.6 Å². The lowest BCUT2D eigenvalue weighted by Crippen LogP contribution is -2.57. The maximum Gasteiger partial charge on any atom is 0.226 e. The van der Waals surface area contributed by atoms with Crippen molar-refractivity contribution in [3.05, 3.63) is 35.9 Å². The molecule has 3 fully saturated rings. The molecule has 4 rings (SSSR count). The molecule has 4 heteroatoms. The van der Waals surface area contributed by atoms with Crippen molar-refractivity contribution < 1.29 is 4.79 Å². The van der Waals surface area contributed by atoms with Gasteiger partial charge in [0.15, 0.2) is 0 Å². The van der Waals surface area contributed by atoms with E-state index in [4.69, 9.17) is 0 Å². The van der Waals surface area contributed by atoms with Crippen molar-refractivity contribution in [1.82, 2.24) is 14.7 Å². The fourth-order valence-corrected chi connectivity index (χ4v) is 5.02. The predicted octanol–water partition coefficient (Wildman–Crippen LogP) is 2.67. The Morgan fingerprint density at radius 1 is 1.00 bits per heavy atom. The Bertz CT molecular complexity index is 591. The summed E-state index contributed by atoms with van der Waals surface area (Å²) in [6.07, 6.45) is 4.70. The molecule has 2 saturated heterocycles. The van der Waals surface area contributed by atoms with Gasteiger partial charge in [-0.3, -0.25) is 4.79 Å². The van der Waals surface area contributed by atoms with Gasteiger partial charge in [-0.05, 0) is 31.4 Å². The highest BCUT2D eigenvalue weighted by Gasteiger charge is 2.39. The van der Waals surface area contributed by atoms with Gasteiger partial charge in [0.2, 0.25) is 5.91 Å². The van der Waals surface area contributed by atoms with Crippen molar-refractivity contribution in [2.75, 3.05) is 52.9 Å². The van der Waals surface area contributed by atoms with E-state index < -0.39 is 0 Å². The molecule has 0 aromatic heterocycles. The SMILES string of the molecule is CN1CCN(CC2CN(C(=O)[C@@H]3CCCC[C@@H]3c3ccccc3)C2)CC1. The topological polar surface area (TPSA) is 26.8 Å². The van der Waals surface area contributed by atoms with Gasteiger partial charge in [-0.15, -0.1) is 0 Å². The van der Waals surface area contributed by atoms with E-state index in [1.54, 1.807) is 0 Å². The number of carbonyl (C=O) groups excluding carboxylic acids is 1. The molecule has 0 N–H and O–H groups in total. The van der Waals surface area contributed by atoms with Crippen LogP contribution in [0.15, 0.2) is 30.3 Å². The van der Waals surface area contributed by atoms with Crippen molar-refractivity contribution in [3.8, 4) is 0 Å². The molecule has 1 aliphatic carbocycles. The highest BCUT2D eigenvalue weighted by atomic mass is 16.2.